The SMILES string of the molecule is CC[C@@H](C)CNC[C@H](O)[C@H](Cc1ccccc1)NC(=O)C1(C(N)=O)CC1. The number of hydrogen-bond acceptors (Lipinski definition) is 4. The number of nitrogens with one attached hydrogen (secondary N) is 2. The molecule has 1 fully saturated rings. The number of hydrogen-bond donors (Lipinski definition) is 4. The van der Waals surface area contributed by atoms with Crippen molar-refractivity contribution in [3.8, 4) is 0 Å². The summed E-state index contributed by atoms with van der Waals surface area (Å²) in [6, 6.07) is 9.21. The fourth-order valence-corrected chi connectivity index (χ4v) is 2.93. The van der Waals surface area contributed by atoms with E-state index in [4.69, 9.17) is 5.73 Å². The summed E-state index contributed by atoms with van der Waals surface area (Å²) in [7, 11) is 0. The molecule has 0 aliphatic heterocycles. The Bertz CT molecular complexity index is 602. The second kappa shape index (κ2) is 9.14. The molecule has 1 saturated carbocycles. The van der Waals surface area contributed by atoms with Crippen LogP contribution in [-0.2, 0) is 16.0 Å². The summed E-state index contributed by atoms with van der Waals surface area (Å²) in [6.07, 6.45) is 1.76. The molecule has 1 aliphatic carbocycles. The molecule has 26 heavy (non-hydrogen) atoms. The maximum Gasteiger partial charge on any atom is 0.236 e. The van der Waals surface area contributed by atoms with Crippen LogP contribution in [0.2, 0.25) is 0 Å². The largest absolute Gasteiger partial charge is 0.390 e. The van der Waals surface area contributed by atoms with Gasteiger partial charge in [0.15, 0.2) is 0 Å². The van der Waals surface area contributed by atoms with Gasteiger partial charge in [-0.25, -0.2) is 0 Å². The molecule has 2 amide bonds. The molecule has 6 heteroatoms. The second-order valence-corrected chi connectivity index (χ2v) is 7.46. The highest BCUT2D eigenvalue weighted by Crippen LogP contribution is 2.45. The van der Waals surface area contributed by atoms with Crippen LogP contribution in [0.1, 0.15) is 38.7 Å². The standard InChI is InChI=1S/C20H31N3O3/c1-3-14(2)12-22-13-17(24)16(11-15-7-5-4-6-8-15)23-19(26)20(9-10-20)18(21)25/h4-8,14,16-17,22,24H,3,9-13H2,1-2H3,(H2,21,25)(H,23,26)/t14-,16+,17+/m1/s1. The average Bonchev–Trinajstić information content (AvgIpc) is 3.43. The van der Waals surface area contributed by atoms with Gasteiger partial charge in [-0.3, -0.25) is 9.59 Å². The number of nitrogens with two attached hydrogens (primary N) is 1. The van der Waals surface area contributed by atoms with Crippen molar-refractivity contribution < 1.29 is 14.7 Å². The van der Waals surface area contributed by atoms with E-state index in [9.17, 15) is 14.7 Å². The van der Waals surface area contributed by atoms with E-state index >= 15 is 0 Å². The van der Waals surface area contributed by atoms with E-state index in [0.717, 1.165) is 18.5 Å². The minimum atomic E-state index is -1.08. The van der Waals surface area contributed by atoms with Crippen LogP contribution in [0.15, 0.2) is 30.3 Å². The molecule has 3 atom stereocenters. The highest BCUT2D eigenvalue weighted by molar-refractivity contribution is 6.07. The fourth-order valence-electron chi connectivity index (χ4n) is 2.93. The first kappa shape index (κ1) is 20.4. The van der Waals surface area contributed by atoms with Gasteiger partial charge in [-0.1, -0.05) is 50.6 Å². The summed E-state index contributed by atoms with van der Waals surface area (Å²) < 4.78 is 0. The highest BCUT2D eigenvalue weighted by Gasteiger charge is 2.55. The third-order valence-electron chi connectivity index (χ3n) is 5.28. The topological polar surface area (TPSA) is 104 Å². The lowest BCUT2D eigenvalue weighted by atomic mass is 9.98. The molecule has 0 unspecified atom stereocenters. The van der Waals surface area contributed by atoms with E-state index in [1.807, 2.05) is 30.3 Å². The fraction of sp³-hybridized carbons (Fsp3) is 0.600. The van der Waals surface area contributed by atoms with Crippen LogP contribution in [0.4, 0.5) is 0 Å². The molecule has 0 aromatic heterocycles. The van der Waals surface area contributed by atoms with Crippen LogP contribution >= 0.6 is 0 Å². The summed E-state index contributed by atoms with van der Waals surface area (Å²) in [5, 5.41) is 16.8. The molecule has 0 saturated heterocycles. The van der Waals surface area contributed by atoms with Gasteiger partial charge in [-0.05, 0) is 37.3 Å². The monoisotopic (exact) mass is 361 g/mol. The van der Waals surface area contributed by atoms with Crippen molar-refractivity contribution in [2.24, 2.45) is 17.1 Å². The molecule has 1 aromatic carbocycles. The molecule has 0 bridgehead atoms. The summed E-state index contributed by atoms with van der Waals surface area (Å²) in [4.78, 5) is 24.2. The third-order valence-corrected chi connectivity index (χ3v) is 5.28. The number of aliphatic hydroxyl groups is 1. The van der Waals surface area contributed by atoms with Gasteiger partial charge in [0.1, 0.15) is 5.41 Å². The Morgan fingerprint density at radius 3 is 2.42 bits per heavy atom. The van der Waals surface area contributed by atoms with Crippen molar-refractivity contribution in [1.29, 1.82) is 0 Å². The highest BCUT2D eigenvalue weighted by atomic mass is 16.3. The minimum Gasteiger partial charge on any atom is -0.390 e. The predicted octanol–water partition coefficient (Wildman–Crippen LogP) is 0.976. The first-order chi connectivity index (χ1) is 12.4. The van der Waals surface area contributed by atoms with Crippen LogP contribution in [0.3, 0.4) is 0 Å². The van der Waals surface area contributed by atoms with Crippen molar-refractivity contribution in [1.82, 2.24) is 10.6 Å². The summed E-state index contributed by atoms with van der Waals surface area (Å²) in [5.41, 5.74) is 5.32. The molecule has 0 heterocycles. The Morgan fingerprint density at radius 1 is 1.23 bits per heavy atom. The molecule has 1 aromatic rings. The van der Waals surface area contributed by atoms with Gasteiger partial charge >= 0.3 is 0 Å². The van der Waals surface area contributed by atoms with Crippen LogP contribution in [-0.4, -0.2) is 42.2 Å². The quantitative estimate of drug-likeness (QED) is 0.441. The Morgan fingerprint density at radius 2 is 1.88 bits per heavy atom. The zero-order valence-electron chi connectivity index (χ0n) is 15.7. The number of benzene rings is 1. The van der Waals surface area contributed by atoms with Gasteiger partial charge in [-0.15, -0.1) is 0 Å². The van der Waals surface area contributed by atoms with Crippen LogP contribution in [0.25, 0.3) is 0 Å². The number of aliphatic hydroxyl groups excluding tert-OH is 1. The van der Waals surface area contributed by atoms with E-state index < -0.39 is 23.5 Å². The zero-order valence-corrected chi connectivity index (χ0v) is 15.7. The Kier molecular flexibility index (Phi) is 7.17. The normalized spacial score (nSPS) is 18.6. The molecule has 5 N–H and O–H groups in total. The van der Waals surface area contributed by atoms with E-state index in [0.29, 0.717) is 31.7 Å². The van der Waals surface area contributed by atoms with Crippen LogP contribution in [0.5, 0.6) is 0 Å². The molecule has 0 spiro atoms. The van der Waals surface area contributed by atoms with Gasteiger partial charge in [0.2, 0.25) is 11.8 Å². The summed E-state index contributed by atoms with van der Waals surface area (Å²) in [6.45, 7) is 5.46. The minimum absolute atomic E-state index is 0.369. The van der Waals surface area contributed by atoms with Crippen molar-refractivity contribution in [2.45, 2.75) is 51.7 Å². The number of carbonyl (C=O) groups excluding carboxylic acids is 2. The van der Waals surface area contributed by atoms with Gasteiger partial charge < -0.3 is 21.5 Å². The molecule has 1 aliphatic rings. The maximum absolute atomic E-state index is 12.6. The second-order valence-electron chi connectivity index (χ2n) is 7.46. The van der Waals surface area contributed by atoms with Crippen LogP contribution < -0.4 is 16.4 Å². The molecule has 6 nitrogen and oxygen atoms in total. The first-order valence-electron chi connectivity index (χ1n) is 9.42. The van der Waals surface area contributed by atoms with Crippen molar-refractivity contribution in [2.75, 3.05) is 13.1 Å². The summed E-state index contributed by atoms with van der Waals surface area (Å²) in [5.74, 6) is -0.432. The van der Waals surface area contributed by atoms with E-state index in [1.165, 1.54) is 0 Å². The molecule has 2 rings (SSSR count). The lowest BCUT2D eigenvalue weighted by Crippen LogP contribution is -2.52. The molecule has 144 valence electrons. The van der Waals surface area contributed by atoms with E-state index in [-0.39, 0.29) is 5.91 Å². The van der Waals surface area contributed by atoms with E-state index in [2.05, 4.69) is 24.5 Å². The van der Waals surface area contributed by atoms with Gasteiger partial charge in [0, 0.05) is 6.54 Å². The Labute approximate surface area is 155 Å². The maximum atomic E-state index is 12.6. The smallest absolute Gasteiger partial charge is 0.236 e. The lowest BCUT2D eigenvalue weighted by Gasteiger charge is -2.27. The number of amides is 2. The van der Waals surface area contributed by atoms with Gasteiger partial charge in [-0.2, -0.15) is 0 Å². The van der Waals surface area contributed by atoms with Crippen molar-refractivity contribution >= 4 is 11.8 Å². The molecule has 0 radical (unpaired) electrons. The number of carbonyl (C=O) groups is 2. The Hall–Kier alpha value is -1.92. The molecular formula is C20H31N3O3. The Balaban J connectivity index is 2.01. The third kappa shape index (κ3) is 5.29. The predicted molar refractivity (Wildman–Crippen MR) is 101 cm³/mol. The number of rotatable bonds is 11. The van der Waals surface area contributed by atoms with Crippen LogP contribution in [0, 0.1) is 11.3 Å². The first-order valence-corrected chi connectivity index (χ1v) is 9.42. The number of primary amides is 1. The van der Waals surface area contributed by atoms with Crippen molar-refractivity contribution in [3.05, 3.63) is 35.9 Å². The summed E-state index contributed by atoms with van der Waals surface area (Å²) >= 11 is 0. The lowest BCUT2D eigenvalue weighted by molar-refractivity contribution is -0.136. The zero-order chi connectivity index (χ0) is 19.2. The molecular weight excluding hydrogens is 330 g/mol. The van der Waals surface area contributed by atoms with Gasteiger partial charge in [0.05, 0.1) is 12.1 Å². The van der Waals surface area contributed by atoms with Gasteiger partial charge in [0.25, 0.3) is 0 Å². The van der Waals surface area contributed by atoms with Crippen molar-refractivity contribution in [3.63, 3.8) is 0 Å². The average molecular weight is 361 g/mol. The van der Waals surface area contributed by atoms with E-state index in [1.54, 1.807) is 0 Å².